The number of amides is 2. The number of nitrogens with zero attached hydrogens (tertiary/aromatic N) is 2. The van der Waals surface area contributed by atoms with E-state index < -0.39 is 28.5 Å². The second kappa shape index (κ2) is 10.8. The minimum Gasteiger partial charge on any atom is -0.355 e. The molecule has 0 unspecified atom stereocenters. The number of aryl methyl sites for hydroxylation is 1. The molecule has 0 aliphatic rings. The van der Waals surface area contributed by atoms with E-state index in [0.29, 0.717) is 16.7 Å². The highest BCUT2D eigenvalue weighted by Crippen LogP contribution is 2.28. The lowest BCUT2D eigenvalue weighted by Crippen LogP contribution is -2.51. The zero-order valence-electron chi connectivity index (χ0n) is 18.1. The van der Waals surface area contributed by atoms with Gasteiger partial charge < -0.3 is 10.2 Å². The third kappa shape index (κ3) is 6.54. The number of nitrogens with one attached hydrogen (secondary N) is 1. The van der Waals surface area contributed by atoms with Gasteiger partial charge in [-0.3, -0.25) is 13.9 Å². The highest BCUT2D eigenvalue weighted by molar-refractivity contribution is 9.10. The molecule has 1 N–H and O–H groups in total. The number of anilines is 1. The number of carbonyl (C=O) groups is 2. The molecule has 9 heteroatoms. The maximum atomic E-state index is 13.4. The fourth-order valence-electron chi connectivity index (χ4n) is 3.12. The summed E-state index contributed by atoms with van der Waals surface area (Å²) in [5.41, 5.74) is 2.23. The molecule has 0 saturated carbocycles. The van der Waals surface area contributed by atoms with Crippen molar-refractivity contribution >= 4 is 43.5 Å². The van der Waals surface area contributed by atoms with E-state index in [2.05, 4.69) is 21.2 Å². The lowest BCUT2D eigenvalue weighted by Gasteiger charge is -2.32. The summed E-state index contributed by atoms with van der Waals surface area (Å²) in [5, 5.41) is 2.73. The van der Waals surface area contributed by atoms with Gasteiger partial charge in [0.25, 0.3) is 0 Å². The molecule has 0 radical (unpaired) electrons. The lowest BCUT2D eigenvalue weighted by atomic mass is 10.1. The summed E-state index contributed by atoms with van der Waals surface area (Å²) in [7, 11) is -3.75. The summed E-state index contributed by atoms with van der Waals surface area (Å²) in [4.78, 5) is 27.3. The number of likely N-dealkylation sites (N-methyl/N-ethyl adjacent to an activating group) is 1. The largest absolute Gasteiger partial charge is 0.355 e. The maximum Gasteiger partial charge on any atom is 0.244 e. The van der Waals surface area contributed by atoms with E-state index in [9.17, 15) is 18.0 Å². The van der Waals surface area contributed by atoms with E-state index in [1.807, 2.05) is 31.2 Å². The van der Waals surface area contributed by atoms with Crippen LogP contribution in [0.4, 0.5) is 5.69 Å². The van der Waals surface area contributed by atoms with Gasteiger partial charge in [0.05, 0.1) is 11.9 Å². The molecular weight excluding hydrogens is 482 g/mol. The van der Waals surface area contributed by atoms with Crippen molar-refractivity contribution in [3.05, 3.63) is 64.1 Å². The van der Waals surface area contributed by atoms with Crippen molar-refractivity contribution in [1.82, 2.24) is 10.2 Å². The van der Waals surface area contributed by atoms with E-state index in [-0.39, 0.29) is 12.5 Å². The zero-order valence-corrected chi connectivity index (χ0v) is 20.5. The summed E-state index contributed by atoms with van der Waals surface area (Å²) in [6, 6.07) is 13.6. The average molecular weight is 510 g/mol. The van der Waals surface area contributed by atoms with E-state index in [4.69, 9.17) is 0 Å². The molecule has 2 aromatic carbocycles. The first kappa shape index (κ1) is 24.9. The Morgan fingerprint density at radius 1 is 1.10 bits per heavy atom. The fourth-order valence-corrected chi connectivity index (χ4v) is 4.60. The van der Waals surface area contributed by atoms with E-state index in [0.717, 1.165) is 21.7 Å². The predicted molar refractivity (Wildman–Crippen MR) is 126 cm³/mol. The highest BCUT2D eigenvalue weighted by Gasteiger charge is 2.30. The molecule has 0 spiro atoms. The van der Waals surface area contributed by atoms with Crippen LogP contribution in [-0.4, -0.2) is 50.5 Å². The van der Waals surface area contributed by atoms with Crippen LogP contribution in [0.1, 0.15) is 25.0 Å². The van der Waals surface area contributed by atoms with Crippen molar-refractivity contribution in [2.45, 2.75) is 33.4 Å². The van der Waals surface area contributed by atoms with Crippen LogP contribution in [0.2, 0.25) is 0 Å². The van der Waals surface area contributed by atoms with Gasteiger partial charge in [-0.1, -0.05) is 36.4 Å². The molecule has 0 saturated heterocycles. The fraction of sp³-hybridized carbons (Fsp3) is 0.364. The minimum atomic E-state index is -3.75. The van der Waals surface area contributed by atoms with Crippen LogP contribution >= 0.6 is 15.9 Å². The van der Waals surface area contributed by atoms with Crippen LogP contribution < -0.4 is 9.62 Å². The first-order valence-electron chi connectivity index (χ1n) is 9.90. The third-order valence-corrected chi connectivity index (χ3v) is 6.72. The number of para-hydroxylation sites is 1. The number of rotatable bonds is 9. The number of hydrogen-bond acceptors (Lipinski definition) is 4. The molecular formula is C22H28BrN3O4S. The van der Waals surface area contributed by atoms with Crippen LogP contribution in [0, 0.1) is 6.92 Å². The molecule has 2 rings (SSSR count). The van der Waals surface area contributed by atoms with Crippen molar-refractivity contribution in [3.63, 3.8) is 0 Å². The minimum absolute atomic E-state index is 0.192. The van der Waals surface area contributed by atoms with Crippen LogP contribution in [0.25, 0.3) is 0 Å². The number of benzene rings is 2. The molecule has 7 nitrogen and oxygen atoms in total. The molecule has 0 bridgehead atoms. The Morgan fingerprint density at radius 2 is 1.71 bits per heavy atom. The average Bonchev–Trinajstić information content (AvgIpc) is 2.71. The van der Waals surface area contributed by atoms with Crippen molar-refractivity contribution in [2.75, 3.05) is 23.7 Å². The van der Waals surface area contributed by atoms with Crippen molar-refractivity contribution < 1.29 is 18.0 Å². The Kier molecular flexibility index (Phi) is 8.64. The number of halogens is 1. The first-order valence-corrected chi connectivity index (χ1v) is 12.5. The molecule has 1 atom stereocenters. The van der Waals surface area contributed by atoms with Gasteiger partial charge in [0.15, 0.2) is 0 Å². The third-order valence-electron chi connectivity index (χ3n) is 4.92. The Balaban J connectivity index is 2.41. The molecule has 0 aromatic heterocycles. The summed E-state index contributed by atoms with van der Waals surface area (Å²) in [6.07, 6.45) is 1.05. The van der Waals surface area contributed by atoms with Crippen molar-refractivity contribution in [1.29, 1.82) is 0 Å². The van der Waals surface area contributed by atoms with E-state index >= 15 is 0 Å². The second-order valence-corrected chi connectivity index (χ2v) is 10.0. The molecule has 0 aliphatic heterocycles. The van der Waals surface area contributed by atoms with Gasteiger partial charge in [-0.15, -0.1) is 0 Å². The Hall–Kier alpha value is -2.39. The quantitative estimate of drug-likeness (QED) is 0.562. The zero-order chi connectivity index (χ0) is 23.2. The number of hydrogen-bond donors (Lipinski definition) is 1. The van der Waals surface area contributed by atoms with Gasteiger partial charge in [-0.05, 0) is 60.0 Å². The molecule has 0 fully saturated rings. The molecule has 2 amide bonds. The normalized spacial score (nSPS) is 12.2. The predicted octanol–water partition coefficient (Wildman–Crippen LogP) is 3.08. The smallest absolute Gasteiger partial charge is 0.244 e. The second-order valence-electron chi connectivity index (χ2n) is 7.24. The first-order chi connectivity index (χ1) is 14.6. The summed E-state index contributed by atoms with van der Waals surface area (Å²) >= 11 is 3.36. The van der Waals surface area contributed by atoms with Crippen LogP contribution in [0.5, 0.6) is 0 Å². The monoisotopic (exact) mass is 509 g/mol. The Bertz CT molecular complexity index is 1040. The maximum absolute atomic E-state index is 13.4. The van der Waals surface area contributed by atoms with E-state index in [1.54, 1.807) is 38.1 Å². The molecule has 2 aromatic rings. The summed E-state index contributed by atoms with van der Waals surface area (Å²) in [6.45, 7) is 5.58. The van der Waals surface area contributed by atoms with Crippen molar-refractivity contribution in [3.8, 4) is 0 Å². The standard InChI is InChI=1S/C22H28BrN3O4S/c1-5-24-22(28)17(3)25(14-18-11-7-6-10-16(18)2)21(27)15-26(31(4,29)30)20-13-9-8-12-19(20)23/h6-13,17H,5,14-15H2,1-4H3,(H,24,28)/t17-/m1/s1. The van der Waals surface area contributed by atoms with Crippen LogP contribution in [0.3, 0.4) is 0 Å². The molecule has 31 heavy (non-hydrogen) atoms. The molecule has 0 heterocycles. The SMILES string of the molecule is CCNC(=O)[C@@H](C)N(Cc1ccccc1C)C(=O)CN(c1ccccc1Br)S(C)(=O)=O. The lowest BCUT2D eigenvalue weighted by molar-refractivity contribution is -0.139. The van der Waals surface area contributed by atoms with Gasteiger partial charge >= 0.3 is 0 Å². The topological polar surface area (TPSA) is 86.8 Å². The van der Waals surface area contributed by atoms with Gasteiger partial charge in [-0.25, -0.2) is 8.42 Å². The Morgan fingerprint density at radius 3 is 2.29 bits per heavy atom. The van der Waals surface area contributed by atoms with Gasteiger partial charge in [0, 0.05) is 17.6 Å². The van der Waals surface area contributed by atoms with Crippen LogP contribution in [0.15, 0.2) is 53.0 Å². The van der Waals surface area contributed by atoms with Gasteiger partial charge in [-0.2, -0.15) is 0 Å². The number of carbonyl (C=O) groups excluding carboxylic acids is 2. The summed E-state index contributed by atoms with van der Waals surface area (Å²) < 4.78 is 26.6. The van der Waals surface area contributed by atoms with Crippen LogP contribution in [-0.2, 0) is 26.2 Å². The van der Waals surface area contributed by atoms with Crippen molar-refractivity contribution in [2.24, 2.45) is 0 Å². The van der Waals surface area contributed by atoms with Gasteiger partial charge in [0.2, 0.25) is 21.8 Å². The number of sulfonamides is 1. The van der Waals surface area contributed by atoms with Gasteiger partial charge in [0.1, 0.15) is 12.6 Å². The summed E-state index contributed by atoms with van der Waals surface area (Å²) in [5.74, 6) is -0.764. The highest BCUT2D eigenvalue weighted by atomic mass is 79.9. The molecule has 168 valence electrons. The van der Waals surface area contributed by atoms with E-state index in [1.165, 1.54) is 4.90 Å². The Labute approximate surface area is 192 Å². The molecule has 0 aliphatic carbocycles.